The molecule has 0 radical (unpaired) electrons. The Kier molecular flexibility index (Phi) is 11.5. The predicted octanol–water partition coefficient (Wildman–Crippen LogP) is 23.3. The highest BCUT2D eigenvalue weighted by atomic mass is 15.2. The second kappa shape index (κ2) is 19.1. The fourth-order valence-electron chi connectivity index (χ4n) is 15.9. The van der Waals surface area contributed by atoms with Crippen LogP contribution in [0, 0.1) is 13.8 Å². The third kappa shape index (κ3) is 7.64. The molecular formula is C84H68N2. The molecule has 0 fully saturated rings. The third-order valence-electron chi connectivity index (χ3n) is 19.8. The molecule has 0 aromatic heterocycles. The van der Waals surface area contributed by atoms with Crippen molar-refractivity contribution >= 4 is 98.8 Å². The molecule has 0 heterocycles. The maximum atomic E-state index is 2.54. The molecule has 0 unspecified atom stereocenters. The number of aryl methyl sites for hydroxylation is 2. The number of hydrogen-bond donors (Lipinski definition) is 0. The lowest BCUT2D eigenvalue weighted by atomic mass is 9.78. The van der Waals surface area contributed by atoms with E-state index in [0.717, 1.165) is 23.5 Å². The lowest BCUT2D eigenvalue weighted by Crippen LogP contribution is -2.21. The number of nitrogens with zero attached hydrogens (tertiary/aromatic N) is 2. The molecular weight excluding hydrogens is 1040 g/mol. The van der Waals surface area contributed by atoms with Crippen molar-refractivity contribution in [1.29, 1.82) is 0 Å². The Morgan fingerprint density at radius 2 is 0.674 bits per heavy atom. The molecule has 414 valence electrons. The minimum absolute atomic E-state index is 0.169. The van der Waals surface area contributed by atoms with Gasteiger partial charge in [0.25, 0.3) is 0 Å². The first-order chi connectivity index (χ1) is 41.8. The minimum atomic E-state index is -0.263. The highest BCUT2D eigenvalue weighted by molar-refractivity contribution is 6.24. The average Bonchev–Trinajstić information content (AvgIpc) is 1.54. The molecule has 2 aliphatic carbocycles. The van der Waals surface area contributed by atoms with Gasteiger partial charge in [0, 0.05) is 44.4 Å². The van der Waals surface area contributed by atoms with E-state index in [-0.39, 0.29) is 16.2 Å². The smallest absolute Gasteiger partial charge is 0.0543 e. The zero-order valence-corrected chi connectivity index (χ0v) is 50.4. The summed E-state index contributed by atoms with van der Waals surface area (Å²) in [6.45, 7) is 19.0. The fraction of sp³-hybridized carbons (Fsp3) is 0.143. The van der Waals surface area contributed by atoms with Gasteiger partial charge in [0.05, 0.1) is 11.4 Å². The van der Waals surface area contributed by atoms with E-state index in [4.69, 9.17) is 0 Å². The van der Waals surface area contributed by atoms with Crippen molar-refractivity contribution in [2.45, 2.75) is 78.1 Å². The minimum Gasteiger partial charge on any atom is -0.310 e. The molecule has 2 heteroatoms. The summed E-state index contributed by atoms with van der Waals surface area (Å²) in [6, 6.07) is 96.3. The summed E-state index contributed by atoms with van der Waals surface area (Å²) in [5, 5.41) is 15.6. The highest BCUT2D eigenvalue weighted by Gasteiger charge is 2.42. The number of hydrogen-bond acceptors (Lipinski definition) is 2. The zero-order valence-electron chi connectivity index (χ0n) is 50.4. The van der Waals surface area contributed by atoms with Crippen LogP contribution in [0.5, 0.6) is 0 Å². The van der Waals surface area contributed by atoms with Crippen molar-refractivity contribution in [3.63, 3.8) is 0 Å². The third-order valence-corrected chi connectivity index (χ3v) is 19.8. The lowest BCUT2D eigenvalue weighted by molar-refractivity contribution is 0.522. The summed E-state index contributed by atoms with van der Waals surface area (Å²) in [5.41, 5.74) is 22.4. The summed E-state index contributed by atoms with van der Waals surface area (Å²) in [6.07, 6.45) is 0.878. The van der Waals surface area contributed by atoms with E-state index < -0.39 is 0 Å². The van der Waals surface area contributed by atoms with Gasteiger partial charge in [0.15, 0.2) is 0 Å². The van der Waals surface area contributed by atoms with E-state index in [0.29, 0.717) is 0 Å². The van der Waals surface area contributed by atoms with Gasteiger partial charge in [0.2, 0.25) is 0 Å². The number of fused-ring (bicyclic) bond motifs is 20. The lowest BCUT2D eigenvalue weighted by Gasteiger charge is -2.32. The molecule has 16 rings (SSSR count). The van der Waals surface area contributed by atoms with Crippen LogP contribution >= 0.6 is 0 Å². The van der Waals surface area contributed by atoms with Crippen LogP contribution in [-0.4, -0.2) is 0 Å². The standard InChI is InChI=1S/C84H68N2/c1-52-38-47-73(53(2)48-52)86(75-50-72-77(68-35-21-17-31-64(68)75)79-66-33-19-13-27-60(66)62-29-15-23-37-70(62)81(79)84(72,7)8)58-43-39-54(40-44-58)51-82(3,4)55-41-45-57(46-42-55)85(56-24-10-9-11-25-56)74-49-71-76(67-34-20-16-30-63(67)74)78-65-32-18-12-26-59(65)61-28-14-22-36-69(61)80(78)83(71,5)6/h9-50H,51H2,1-8H3. The van der Waals surface area contributed by atoms with Crippen molar-refractivity contribution < 1.29 is 0 Å². The largest absolute Gasteiger partial charge is 0.310 e. The molecule has 0 saturated carbocycles. The number of para-hydroxylation sites is 1. The second-order valence-electron chi connectivity index (χ2n) is 26.2. The number of rotatable bonds is 9. The van der Waals surface area contributed by atoms with Crippen LogP contribution in [0.1, 0.15) is 86.1 Å². The van der Waals surface area contributed by atoms with Gasteiger partial charge in [-0.2, -0.15) is 0 Å². The predicted molar refractivity (Wildman–Crippen MR) is 369 cm³/mol. The van der Waals surface area contributed by atoms with Crippen LogP contribution in [0.15, 0.2) is 255 Å². The quantitative estimate of drug-likeness (QED) is 0.133. The first-order valence-electron chi connectivity index (χ1n) is 30.7. The Labute approximate surface area is 505 Å². The first-order valence-corrected chi connectivity index (χ1v) is 30.7. The maximum absolute atomic E-state index is 2.54. The zero-order chi connectivity index (χ0) is 58.4. The summed E-state index contributed by atoms with van der Waals surface area (Å²) in [7, 11) is 0. The van der Waals surface area contributed by atoms with Crippen molar-refractivity contribution in [3.05, 3.63) is 299 Å². The van der Waals surface area contributed by atoms with Crippen LogP contribution in [0.4, 0.5) is 34.1 Å². The van der Waals surface area contributed by atoms with Crippen LogP contribution in [-0.2, 0) is 22.7 Å². The van der Waals surface area contributed by atoms with E-state index in [1.54, 1.807) is 0 Å². The first kappa shape index (κ1) is 51.8. The van der Waals surface area contributed by atoms with Crippen LogP contribution in [0.2, 0.25) is 0 Å². The van der Waals surface area contributed by atoms with Crippen LogP contribution < -0.4 is 9.80 Å². The Morgan fingerprint density at radius 3 is 1.14 bits per heavy atom. The molecule has 0 amide bonds. The highest BCUT2D eigenvalue weighted by Crippen LogP contribution is 2.61. The summed E-state index contributed by atoms with van der Waals surface area (Å²) in [4.78, 5) is 5.02. The molecule has 2 aliphatic rings. The van der Waals surface area contributed by atoms with E-state index in [9.17, 15) is 0 Å². The Bertz CT molecular complexity index is 5120. The van der Waals surface area contributed by atoms with Gasteiger partial charge in [-0.1, -0.05) is 247 Å². The van der Waals surface area contributed by atoms with Crippen LogP contribution in [0.3, 0.4) is 0 Å². The van der Waals surface area contributed by atoms with E-state index in [1.165, 1.54) is 148 Å². The van der Waals surface area contributed by atoms with Crippen molar-refractivity contribution in [3.8, 4) is 22.3 Å². The second-order valence-corrected chi connectivity index (χ2v) is 26.2. The van der Waals surface area contributed by atoms with Crippen molar-refractivity contribution in [2.24, 2.45) is 0 Å². The van der Waals surface area contributed by atoms with Gasteiger partial charge in [-0.3, -0.25) is 0 Å². The topological polar surface area (TPSA) is 6.48 Å². The molecule has 0 aliphatic heterocycles. The molecule has 2 nitrogen and oxygen atoms in total. The molecule has 86 heavy (non-hydrogen) atoms. The van der Waals surface area contributed by atoms with Gasteiger partial charge < -0.3 is 9.80 Å². The maximum Gasteiger partial charge on any atom is 0.0543 e. The summed E-state index contributed by atoms with van der Waals surface area (Å²) < 4.78 is 0. The van der Waals surface area contributed by atoms with Gasteiger partial charge in [-0.05, 0) is 195 Å². The van der Waals surface area contributed by atoms with Gasteiger partial charge in [-0.25, -0.2) is 0 Å². The SMILES string of the molecule is Cc1ccc(N(c2ccc(CC(C)(C)c3ccc(N(c4ccccc4)c4cc5c(c6ccccc46)-c4c(c6ccccc6c6ccccc46)C5(C)C)cc3)cc2)c2cc3c(c4ccccc24)-c2c(c4ccccc4c4ccccc24)C3(C)C)c(C)c1. The van der Waals surface area contributed by atoms with Gasteiger partial charge >= 0.3 is 0 Å². The van der Waals surface area contributed by atoms with Crippen LogP contribution in [0.25, 0.3) is 86.9 Å². The summed E-state index contributed by atoms with van der Waals surface area (Å²) >= 11 is 0. The molecule has 0 bridgehead atoms. The molecule has 0 saturated heterocycles. The Hall–Kier alpha value is -9.76. The molecule has 0 spiro atoms. The van der Waals surface area contributed by atoms with Crippen molar-refractivity contribution in [1.82, 2.24) is 0 Å². The molecule has 14 aromatic rings. The molecule has 0 N–H and O–H groups in total. The number of anilines is 6. The van der Waals surface area contributed by atoms with Gasteiger partial charge in [-0.15, -0.1) is 0 Å². The average molecular weight is 1110 g/mol. The Balaban J connectivity index is 0.770. The molecule has 0 atom stereocenters. The van der Waals surface area contributed by atoms with Crippen molar-refractivity contribution in [2.75, 3.05) is 9.80 Å². The summed E-state index contributed by atoms with van der Waals surface area (Å²) in [5.74, 6) is 0. The van der Waals surface area contributed by atoms with E-state index in [1.807, 2.05) is 0 Å². The fourth-order valence-corrected chi connectivity index (χ4v) is 15.9. The monoisotopic (exact) mass is 1100 g/mol. The molecule has 14 aromatic carbocycles. The number of benzene rings is 14. The van der Waals surface area contributed by atoms with Gasteiger partial charge in [0.1, 0.15) is 0 Å². The Morgan fingerprint density at radius 1 is 0.314 bits per heavy atom. The van der Waals surface area contributed by atoms with E-state index in [2.05, 4.69) is 320 Å². The normalized spacial score (nSPS) is 13.8. The van der Waals surface area contributed by atoms with E-state index >= 15 is 0 Å².